The standard InChI is InChI=1S/C11H17N5S/c1-5-9-7(2)15-16(8(9)3)11-14-13-10(17-11)6-12-4/h12H,5-6H2,1-4H3. The number of aryl methyl sites for hydroxylation is 1. The van der Waals surface area contributed by atoms with Crippen LogP contribution < -0.4 is 5.32 Å². The summed E-state index contributed by atoms with van der Waals surface area (Å²) in [4.78, 5) is 0. The molecule has 0 unspecified atom stereocenters. The molecule has 0 fully saturated rings. The number of aromatic nitrogens is 4. The first-order valence-corrected chi connectivity index (χ1v) is 6.51. The van der Waals surface area contributed by atoms with Crippen molar-refractivity contribution < 1.29 is 0 Å². The van der Waals surface area contributed by atoms with Gasteiger partial charge in [0.05, 0.1) is 5.69 Å². The van der Waals surface area contributed by atoms with Crippen molar-refractivity contribution in [2.24, 2.45) is 0 Å². The highest BCUT2D eigenvalue weighted by Crippen LogP contribution is 2.20. The lowest BCUT2D eigenvalue weighted by atomic mass is 10.1. The van der Waals surface area contributed by atoms with Gasteiger partial charge in [-0.3, -0.25) is 0 Å². The van der Waals surface area contributed by atoms with E-state index in [0.717, 1.165) is 34.5 Å². The minimum absolute atomic E-state index is 0.748. The van der Waals surface area contributed by atoms with Gasteiger partial charge in [0.2, 0.25) is 5.13 Å². The van der Waals surface area contributed by atoms with E-state index >= 15 is 0 Å². The maximum Gasteiger partial charge on any atom is 0.233 e. The van der Waals surface area contributed by atoms with Crippen molar-refractivity contribution in [3.8, 4) is 5.13 Å². The van der Waals surface area contributed by atoms with Crippen molar-refractivity contribution in [1.29, 1.82) is 0 Å². The van der Waals surface area contributed by atoms with Crippen LogP contribution in [0.5, 0.6) is 0 Å². The quantitative estimate of drug-likeness (QED) is 0.897. The zero-order valence-electron chi connectivity index (χ0n) is 10.6. The van der Waals surface area contributed by atoms with E-state index in [1.54, 1.807) is 11.3 Å². The second-order valence-corrected chi connectivity index (χ2v) is 4.96. The molecular weight excluding hydrogens is 234 g/mol. The van der Waals surface area contributed by atoms with Crippen LogP contribution in [-0.2, 0) is 13.0 Å². The van der Waals surface area contributed by atoms with Gasteiger partial charge in [-0.1, -0.05) is 18.3 Å². The van der Waals surface area contributed by atoms with Crippen LogP contribution in [0.4, 0.5) is 0 Å². The Balaban J connectivity index is 2.38. The third kappa shape index (κ3) is 2.23. The number of nitrogens with zero attached hydrogens (tertiary/aromatic N) is 4. The van der Waals surface area contributed by atoms with E-state index in [4.69, 9.17) is 0 Å². The summed E-state index contributed by atoms with van der Waals surface area (Å²) in [5.74, 6) is 0. The summed E-state index contributed by atoms with van der Waals surface area (Å²) in [6.07, 6.45) is 1.000. The van der Waals surface area contributed by atoms with Crippen molar-refractivity contribution in [3.63, 3.8) is 0 Å². The highest BCUT2D eigenvalue weighted by molar-refractivity contribution is 7.13. The van der Waals surface area contributed by atoms with Gasteiger partial charge in [-0.15, -0.1) is 10.2 Å². The molecule has 2 aromatic rings. The van der Waals surface area contributed by atoms with Crippen LogP contribution in [0.2, 0.25) is 0 Å². The SMILES string of the molecule is CCc1c(C)nn(-c2nnc(CNC)s2)c1C. The highest BCUT2D eigenvalue weighted by Gasteiger charge is 2.14. The van der Waals surface area contributed by atoms with Crippen LogP contribution in [0, 0.1) is 13.8 Å². The zero-order valence-corrected chi connectivity index (χ0v) is 11.4. The van der Waals surface area contributed by atoms with E-state index in [2.05, 4.69) is 34.5 Å². The lowest BCUT2D eigenvalue weighted by Crippen LogP contribution is -2.04. The Morgan fingerprint density at radius 3 is 2.65 bits per heavy atom. The number of hydrogen-bond acceptors (Lipinski definition) is 5. The fourth-order valence-electron chi connectivity index (χ4n) is 1.93. The predicted octanol–water partition coefficient (Wildman–Crippen LogP) is 1.62. The summed E-state index contributed by atoms with van der Waals surface area (Å²) in [6, 6.07) is 0. The van der Waals surface area contributed by atoms with Crippen LogP contribution >= 0.6 is 11.3 Å². The molecule has 1 N–H and O–H groups in total. The molecule has 0 atom stereocenters. The average molecular weight is 251 g/mol. The minimum atomic E-state index is 0.748. The molecule has 0 saturated heterocycles. The zero-order chi connectivity index (χ0) is 12.4. The summed E-state index contributed by atoms with van der Waals surface area (Å²) in [7, 11) is 1.90. The van der Waals surface area contributed by atoms with Crippen LogP contribution in [0.25, 0.3) is 5.13 Å². The third-order valence-electron chi connectivity index (χ3n) is 2.76. The summed E-state index contributed by atoms with van der Waals surface area (Å²) in [6.45, 7) is 7.02. The molecule has 6 heteroatoms. The smallest absolute Gasteiger partial charge is 0.233 e. The topological polar surface area (TPSA) is 55.6 Å². The fraction of sp³-hybridized carbons (Fsp3) is 0.545. The molecule has 0 amide bonds. The second kappa shape index (κ2) is 4.93. The molecule has 0 saturated carbocycles. The van der Waals surface area contributed by atoms with Crippen LogP contribution in [-0.4, -0.2) is 27.0 Å². The molecule has 92 valence electrons. The maximum absolute atomic E-state index is 4.53. The summed E-state index contributed by atoms with van der Waals surface area (Å²) in [5.41, 5.74) is 3.54. The van der Waals surface area contributed by atoms with E-state index in [1.165, 1.54) is 5.56 Å². The van der Waals surface area contributed by atoms with E-state index in [0.29, 0.717) is 0 Å². The largest absolute Gasteiger partial charge is 0.313 e. The van der Waals surface area contributed by atoms with Gasteiger partial charge >= 0.3 is 0 Å². The molecule has 2 heterocycles. The molecule has 0 bridgehead atoms. The molecular formula is C11H17N5S. The van der Waals surface area contributed by atoms with Gasteiger partial charge in [-0.2, -0.15) is 5.10 Å². The van der Waals surface area contributed by atoms with Crippen LogP contribution in [0.3, 0.4) is 0 Å². The van der Waals surface area contributed by atoms with Crippen molar-refractivity contribution in [1.82, 2.24) is 25.3 Å². The maximum atomic E-state index is 4.53. The molecule has 0 aromatic carbocycles. The van der Waals surface area contributed by atoms with Crippen LogP contribution in [0.1, 0.15) is 28.9 Å². The van der Waals surface area contributed by atoms with Gasteiger partial charge in [-0.25, -0.2) is 4.68 Å². The Morgan fingerprint density at radius 1 is 1.29 bits per heavy atom. The first kappa shape index (κ1) is 12.2. The highest BCUT2D eigenvalue weighted by atomic mass is 32.1. The van der Waals surface area contributed by atoms with Crippen molar-refractivity contribution in [3.05, 3.63) is 22.0 Å². The lowest BCUT2D eigenvalue weighted by Gasteiger charge is -1.98. The van der Waals surface area contributed by atoms with Crippen molar-refractivity contribution >= 4 is 11.3 Å². The molecule has 0 aliphatic heterocycles. The Hall–Kier alpha value is -1.27. The van der Waals surface area contributed by atoms with Gasteiger partial charge in [-0.05, 0) is 32.9 Å². The van der Waals surface area contributed by atoms with Gasteiger partial charge in [0.1, 0.15) is 5.01 Å². The van der Waals surface area contributed by atoms with E-state index < -0.39 is 0 Å². The number of hydrogen-bond donors (Lipinski definition) is 1. The Bertz CT molecular complexity index is 514. The molecule has 5 nitrogen and oxygen atoms in total. The van der Waals surface area contributed by atoms with Crippen LogP contribution in [0.15, 0.2) is 0 Å². The normalized spacial score (nSPS) is 11.1. The first-order valence-electron chi connectivity index (χ1n) is 5.69. The summed E-state index contributed by atoms with van der Waals surface area (Å²) in [5, 5.41) is 17.7. The third-order valence-corrected chi connectivity index (χ3v) is 3.66. The monoisotopic (exact) mass is 251 g/mol. The lowest BCUT2D eigenvalue weighted by molar-refractivity contribution is 0.777. The van der Waals surface area contributed by atoms with E-state index in [1.807, 2.05) is 18.7 Å². The van der Waals surface area contributed by atoms with Gasteiger partial charge in [0.25, 0.3) is 0 Å². The minimum Gasteiger partial charge on any atom is -0.313 e. The second-order valence-electron chi connectivity index (χ2n) is 3.92. The summed E-state index contributed by atoms with van der Waals surface area (Å²) < 4.78 is 1.89. The fourth-order valence-corrected chi connectivity index (χ4v) is 2.78. The molecule has 0 aliphatic rings. The van der Waals surface area contributed by atoms with E-state index in [-0.39, 0.29) is 0 Å². The number of nitrogens with one attached hydrogen (secondary N) is 1. The Morgan fingerprint density at radius 2 is 2.06 bits per heavy atom. The molecule has 0 spiro atoms. The van der Waals surface area contributed by atoms with Gasteiger partial charge in [0.15, 0.2) is 0 Å². The number of rotatable bonds is 4. The Labute approximate surface area is 105 Å². The van der Waals surface area contributed by atoms with Crippen molar-refractivity contribution in [2.75, 3.05) is 7.05 Å². The Kier molecular flexibility index (Phi) is 3.54. The van der Waals surface area contributed by atoms with Gasteiger partial charge < -0.3 is 5.32 Å². The first-order chi connectivity index (χ1) is 8.17. The van der Waals surface area contributed by atoms with Crippen molar-refractivity contribution in [2.45, 2.75) is 33.7 Å². The van der Waals surface area contributed by atoms with Gasteiger partial charge in [0, 0.05) is 12.2 Å². The predicted molar refractivity (Wildman–Crippen MR) is 68.6 cm³/mol. The van der Waals surface area contributed by atoms with E-state index in [9.17, 15) is 0 Å². The molecule has 0 aliphatic carbocycles. The molecule has 2 aromatic heterocycles. The summed E-state index contributed by atoms with van der Waals surface area (Å²) >= 11 is 1.57. The average Bonchev–Trinajstić information content (AvgIpc) is 2.85. The molecule has 0 radical (unpaired) electrons. The molecule has 17 heavy (non-hydrogen) atoms. The molecule has 2 rings (SSSR count).